The molecular formula is C11H14N2O4S. The minimum absolute atomic E-state index is 0.0591. The van der Waals surface area contributed by atoms with Crippen molar-refractivity contribution in [1.29, 1.82) is 0 Å². The van der Waals surface area contributed by atoms with Crippen molar-refractivity contribution in [2.75, 3.05) is 20.4 Å². The van der Waals surface area contributed by atoms with Gasteiger partial charge < -0.3 is 4.90 Å². The molecule has 0 saturated carbocycles. The van der Waals surface area contributed by atoms with Gasteiger partial charge in [-0.05, 0) is 24.4 Å². The SMILES string of the molecule is CN(C)C=Cc1ccc(S(C)(=O)=O)cc1[N+](=O)[O-]. The number of benzene rings is 1. The summed E-state index contributed by atoms with van der Waals surface area (Å²) in [5, 5.41) is 10.9. The van der Waals surface area contributed by atoms with E-state index in [1.54, 1.807) is 31.3 Å². The number of sulfone groups is 1. The minimum atomic E-state index is -3.45. The van der Waals surface area contributed by atoms with Crippen LogP contribution < -0.4 is 0 Å². The molecule has 0 spiro atoms. The molecule has 7 heteroatoms. The Balaban J connectivity index is 3.34. The van der Waals surface area contributed by atoms with Crippen LogP contribution in [0.5, 0.6) is 0 Å². The number of nitro groups is 1. The van der Waals surface area contributed by atoms with E-state index in [4.69, 9.17) is 0 Å². The Hall–Kier alpha value is -1.89. The summed E-state index contributed by atoms with van der Waals surface area (Å²) in [6.07, 6.45) is 4.23. The van der Waals surface area contributed by atoms with Crippen LogP contribution in [0.3, 0.4) is 0 Å². The zero-order valence-electron chi connectivity index (χ0n) is 10.3. The largest absolute Gasteiger partial charge is 0.383 e. The lowest BCUT2D eigenvalue weighted by atomic mass is 10.2. The predicted molar refractivity (Wildman–Crippen MR) is 68.9 cm³/mol. The highest BCUT2D eigenvalue weighted by atomic mass is 32.2. The van der Waals surface area contributed by atoms with E-state index in [9.17, 15) is 18.5 Å². The van der Waals surface area contributed by atoms with Gasteiger partial charge >= 0.3 is 0 Å². The van der Waals surface area contributed by atoms with Gasteiger partial charge in [-0.25, -0.2) is 8.42 Å². The lowest BCUT2D eigenvalue weighted by Gasteiger charge is -2.05. The second-order valence-electron chi connectivity index (χ2n) is 4.03. The standard InChI is InChI=1S/C11H14N2O4S/c1-12(2)7-6-9-4-5-10(18(3,16)17)8-11(9)13(14)15/h4-8H,1-3H3. The maximum Gasteiger partial charge on any atom is 0.277 e. The van der Waals surface area contributed by atoms with Crippen LogP contribution in [-0.2, 0) is 9.84 Å². The van der Waals surface area contributed by atoms with E-state index in [0.29, 0.717) is 5.56 Å². The van der Waals surface area contributed by atoms with E-state index in [2.05, 4.69) is 0 Å². The average Bonchev–Trinajstić information content (AvgIpc) is 2.24. The van der Waals surface area contributed by atoms with Crippen molar-refractivity contribution in [3.8, 4) is 0 Å². The molecule has 0 N–H and O–H groups in total. The Morgan fingerprint density at radius 2 is 1.94 bits per heavy atom. The molecule has 0 bridgehead atoms. The molecule has 0 fully saturated rings. The first-order valence-electron chi connectivity index (χ1n) is 5.05. The molecule has 0 aliphatic carbocycles. The molecular weight excluding hydrogens is 256 g/mol. The van der Waals surface area contributed by atoms with Crippen LogP contribution in [0.15, 0.2) is 29.3 Å². The van der Waals surface area contributed by atoms with Gasteiger partial charge in [-0.15, -0.1) is 0 Å². The first-order chi connectivity index (χ1) is 8.21. The molecule has 0 amide bonds. The molecule has 98 valence electrons. The summed E-state index contributed by atoms with van der Waals surface area (Å²) in [5.41, 5.74) is 0.136. The van der Waals surface area contributed by atoms with Crippen molar-refractivity contribution >= 4 is 21.6 Å². The fourth-order valence-corrected chi connectivity index (χ4v) is 1.92. The molecule has 0 atom stereocenters. The zero-order valence-corrected chi connectivity index (χ0v) is 11.1. The summed E-state index contributed by atoms with van der Waals surface area (Å²) >= 11 is 0. The summed E-state index contributed by atoms with van der Waals surface area (Å²) < 4.78 is 22.7. The van der Waals surface area contributed by atoms with Gasteiger partial charge in [-0.1, -0.05) is 0 Å². The number of hydrogen-bond donors (Lipinski definition) is 0. The molecule has 0 aromatic heterocycles. The third-order valence-electron chi connectivity index (χ3n) is 2.18. The highest BCUT2D eigenvalue weighted by Gasteiger charge is 2.17. The highest BCUT2D eigenvalue weighted by molar-refractivity contribution is 7.90. The summed E-state index contributed by atoms with van der Waals surface area (Å²) in [7, 11) is 0.124. The quantitative estimate of drug-likeness (QED) is 0.612. The van der Waals surface area contributed by atoms with Crippen molar-refractivity contribution in [2.45, 2.75) is 4.90 Å². The summed E-state index contributed by atoms with van der Waals surface area (Å²) in [5.74, 6) is 0. The van der Waals surface area contributed by atoms with E-state index in [1.807, 2.05) is 0 Å². The molecule has 1 rings (SSSR count). The van der Waals surface area contributed by atoms with Gasteiger partial charge in [0.25, 0.3) is 5.69 Å². The molecule has 18 heavy (non-hydrogen) atoms. The summed E-state index contributed by atoms with van der Waals surface area (Å²) in [6.45, 7) is 0. The lowest BCUT2D eigenvalue weighted by Crippen LogP contribution is -2.02. The van der Waals surface area contributed by atoms with Gasteiger partial charge in [0, 0.05) is 26.4 Å². The molecule has 0 radical (unpaired) electrons. The second kappa shape index (κ2) is 5.18. The topological polar surface area (TPSA) is 80.5 Å². The predicted octanol–water partition coefficient (Wildman–Crippen LogP) is 1.53. The van der Waals surface area contributed by atoms with Gasteiger partial charge in [0.2, 0.25) is 0 Å². The van der Waals surface area contributed by atoms with Gasteiger partial charge in [0.15, 0.2) is 9.84 Å². The Kier molecular flexibility index (Phi) is 4.07. The van der Waals surface area contributed by atoms with Crippen molar-refractivity contribution in [3.63, 3.8) is 0 Å². The maximum absolute atomic E-state index is 11.3. The Labute approximate surface area is 106 Å². The molecule has 0 aliphatic rings. The minimum Gasteiger partial charge on any atom is -0.383 e. The Bertz CT molecular complexity index is 591. The molecule has 0 aliphatic heterocycles. The van der Waals surface area contributed by atoms with Crippen LogP contribution in [0, 0.1) is 10.1 Å². The third-order valence-corrected chi connectivity index (χ3v) is 3.29. The van der Waals surface area contributed by atoms with Crippen LogP contribution in [-0.4, -0.2) is 38.6 Å². The fraction of sp³-hybridized carbons (Fsp3) is 0.273. The monoisotopic (exact) mass is 270 g/mol. The average molecular weight is 270 g/mol. The van der Waals surface area contributed by atoms with E-state index >= 15 is 0 Å². The van der Waals surface area contributed by atoms with E-state index < -0.39 is 14.8 Å². The first kappa shape index (κ1) is 14.2. The molecule has 0 unspecified atom stereocenters. The lowest BCUT2D eigenvalue weighted by molar-refractivity contribution is -0.385. The number of rotatable bonds is 4. The first-order valence-corrected chi connectivity index (χ1v) is 6.94. The van der Waals surface area contributed by atoms with Crippen LogP contribution in [0.2, 0.25) is 0 Å². The van der Waals surface area contributed by atoms with Gasteiger partial charge in [0.05, 0.1) is 15.4 Å². The normalized spacial score (nSPS) is 11.7. The highest BCUT2D eigenvalue weighted by Crippen LogP contribution is 2.24. The maximum atomic E-state index is 11.3. The van der Waals surface area contributed by atoms with Crippen LogP contribution >= 0.6 is 0 Å². The van der Waals surface area contributed by atoms with Crippen LogP contribution in [0.25, 0.3) is 6.08 Å². The summed E-state index contributed by atoms with van der Waals surface area (Å²) in [4.78, 5) is 12.0. The van der Waals surface area contributed by atoms with Gasteiger partial charge in [0.1, 0.15) is 0 Å². The number of hydrogen-bond acceptors (Lipinski definition) is 5. The van der Waals surface area contributed by atoms with Crippen LogP contribution in [0.4, 0.5) is 5.69 Å². The van der Waals surface area contributed by atoms with Crippen LogP contribution in [0.1, 0.15) is 5.56 Å². The molecule has 0 heterocycles. The van der Waals surface area contributed by atoms with Crippen molar-refractivity contribution < 1.29 is 13.3 Å². The number of nitro benzene ring substituents is 1. The van der Waals surface area contributed by atoms with E-state index in [0.717, 1.165) is 12.3 Å². The van der Waals surface area contributed by atoms with Crippen molar-refractivity contribution in [1.82, 2.24) is 4.90 Å². The number of nitrogens with zero attached hydrogens (tertiary/aromatic N) is 2. The van der Waals surface area contributed by atoms with Crippen molar-refractivity contribution in [3.05, 3.63) is 40.1 Å². The molecule has 1 aromatic carbocycles. The molecule has 1 aromatic rings. The third kappa shape index (κ3) is 3.56. The Morgan fingerprint density at radius 3 is 2.39 bits per heavy atom. The van der Waals surface area contributed by atoms with Crippen molar-refractivity contribution in [2.24, 2.45) is 0 Å². The Morgan fingerprint density at radius 1 is 1.33 bits per heavy atom. The molecule has 6 nitrogen and oxygen atoms in total. The molecule has 0 saturated heterocycles. The summed E-state index contributed by atoms with van der Waals surface area (Å²) in [6, 6.07) is 3.86. The fourth-order valence-electron chi connectivity index (χ4n) is 1.28. The zero-order chi connectivity index (χ0) is 13.9. The van der Waals surface area contributed by atoms with E-state index in [1.165, 1.54) is 12.1 Å². The second-order valence-corrected chi connectivity index (χ2v) is 6.04. The smallest absolute Gasteiger partial charge is 0.277 e. The van der Waals surface area contributed by atoms with Gasteiger partial charge in [-0.3, -0.25) is 10.1 Å². The van der Waals surface area contributed by atoms with E-state index in [-0.39, 0.29) is 10.6 Å². The van der Waals surface area contributed by atoms with Gasteiger partial charge in [-0.2, -0.15) is 0 Å².